The van der Waals surface area contributed by atoms with Crippen LogP contribution in [0, 0.1) is 5.21 Å². The van der Waals surface area contributed by atoms with Crippen molar-refractivity contribution >= 4 is 7.59 Å². The number of hydrogen-bond donors (Lipinski definition) is 3. The molecule has 0 saturated carbocycles. The van der Waals surface area contributed by atoms with Gasteiger partial charge in [0.2, 0.25) is 0 Å². The van der Waals surface area contributed by atoms with Crippen LogP contribution in [-0.2, 0) is 4.57 Å². The van der Waals surface area contributed by atoms with Gasteiger partial charge in [-0.1, -0.05) is 0 Å². The van der Waals surface area contributed by atoms with E-state index in [0.29, 0.717) is 0 Å². The van der Waals surface area contributed by atoms with E-state index in [9.17, 15) is 9.77 Å². The molecule has 0 saturated heterocycles. The summed E-state index contributed by atoms with van der Waals surface area (Å²) in [5.41, 5.74) is 9.00. The first-order valence-corrected chi connectivity index (χ1v) is 3.11. The van der Waals surface area contributed by atoms with E-state index in [0.717, 1.165) is 0 Å². The second-order valence-electron chi connectivity index (χ2n) is 0.869. The Labute approximate surface area is 34.8 Å². The smallest absolute Gasteiger partial charge is 0.384 e. The minimum atomic E-state index is -3.33. The van der Waals surface area contributed by atoms with Gasteiger partial charge in [-0.05, 0) is 0 Å². The van der Waals surface area contributed by atoms with Crippen LogP contribution in [0.5, 0.6) is 0 Å². The second kappa shape index (κ2) is 1.68. The first-order chi connectivity index (χ1) is 2.56. The van der Waals surface area contributed by atoms with Crippen molar-refractivity contribution in [1.29, 1.82) is 0 Å². The van der Waals surface area contributed by atoms with Crippen molar-refractivity contribution in [1.82, 2.24) is 0 Å². The van der Waals surface area contributed by atoms with Crippen molar-refractivity contribution in [3.8, 4) is 0 Å². The monoisotopic (exact) mass is 111 g/mol. The van der Waals surface area contributed by atoms with Gasteiger partial charge in [0.1, 0.15) is 0 Å². The van der Waals surface area contributed by atoms with E-state index < -0.39 is 7.59 Å². The fourth-order valence-electron chi connectivity index (χ4n) is 0. The molecule has 0 atom stereocenters. The predicted molar refractivity (Wildman–Crippen MR) is 21.3 cm³/mol. The van der Waals surface area contributed by atoms with Crippen LogP contribution in [0.15, 0.2) is 0 Å². The molecule has 0 fully saturated rings. The Balaban J connectivity index is 3.48. The molecule has 0 radical (unpaired) electrons. The predicted octanol–water partition coefficient (Wildman–Crippen LogP) is -1.93. The molecular weight excluding hydrogens is 105 g/mol. The molecule has 0 aliphatic heterocycles. The van der Waals surface area contributed by atoms with Crippen molar-refractivity contribution in [3.63, 3.8) is 0 Å². The van der Waals surface area contributed by atoms with E-state index in [2.05, 4.69) is 11.0 Å². The zero-order chi connectivity index (χ0) is 5.21. The molecule has 6 N–H and O–H groups in total. The lowest BCUT2D eigenvalue weighted by Crippen LogP contribution is -2.75. The van der Waals surface area contributed by atoms with Gasteiger partial charge >= 0.3 is 7.59 Å². The molecule has 0 unspecified atom stereocenters. The summed E-state index contributed by atoms with van der Waals surface area (Å²) in [5, 5.41) is 9.36. The van der Waals surface area contributed by atoms with Gasteiger partial charge in [-0.2, -0.15) is 0 Å². The third kappa shape index (κ3) is 4.07. The molecule has 0 aromatic rings. The van der Waals surface area contributed by atoms with E-state index >= 15 is 0 Å². The van der Waals surface area contributed by atoms with E-state index in [4.69, 9.17) is 0 Å². The molecule has 0 aliphatic carbocycles. The number of rotatable bonds is 1. The standard InChI is InChI=1S/H6N3O2P/c1-6(2,5)3-4/h3H2,(H4,1,2,5). The zero-order valence-electron chi connectivity index (χ0n) is 3.00. The SMILES string of the molecule is NP(N)(=O)[NH2+][O-]. The van der Waals surface area contributed by atoms with Crippen LogP contribution in [0.1, 0.15) is 0 Å². The number of nitrogens with two attached hydrogens (primary N) is 3. The average molecular weight is 111 g/mol. The van der Waals surface area contributed by atoms with Crippen LogP contribution in [0.3, 0.4) is 0 Å². The molecule has 0 aromatic heterocycles. The molecule has 0 rings (SSSR count). The van der Waals surface area contributed by atoms with Crippen molar-refractivity contribution in [2.24, 2.45) is 11.0 Å². The van der Waals surface area contributed by atoms with Gasteiger partial charge in [-0.15, -0.1) is 0 Å². The molecule has 0 heterocycles. The third-order valence-corrected chi connectivity index (χ3v) is 0.494. The van der Waals surface area contributed by atoms with Crippen molar-refractivity contribution in [3.05, 3.63) is 5.21 Å². The molecule has 0 spiro atoms. The van der Waals surface area contributed by atoms with Crippen LogP contribution in [0.2, 0.25) is 0 Å². The minimum Gasteiger partial charge on any atom is -0.631 e. The quantitative estimate of drug-likeness (QED) is 0.270. The Morgan fingerprint density at radius 1 is 1.67 bits per heavy atom. The van der Waals surface area contributed by atoms with E-state index in [1.807, 2.05) is 0 Å². The average Bonchev–Trinajstić information content (AvgIpc) is 1.35. The Morgan fingerprint density at radius 2 is 1.83 bits per heavy atom. The fraction of sp³-hybridized carbons (Fsp3) is 0. The Bertz CT molecular complexity index is 72.9. The Morgan fingerprint density at radius 3 is 1.83 bits per heavy atom. The third-order valence-electron chi connectivity index (χ3n) is 0.165. The zero-order valence-corrected chi connectivity index (χ0v) is 3.89. The first kappa shape index (κ1) is 6.07. The summed E-state index contributed by atoms with van der Waals surface area (Å²) in [6, 6.07) is 0. The molecular formula is H6N3O2P. The largest absolute Gasteiger partial charge is 0.631 e. The Hall–Kier alpha value is 0.0700. The highest BCUT2D eigenvalue weighted by atomic mass is 31.2. The lowest BCUT2D eigenvalue weighted by atomic mass is 13.5. The lowest BCUT2D eigenvalue weighted by Gasteiger charge is -2.02. The summed E-state index contributed by atoms with van der Waals surface area (Å²) in [7, 11) is -3.33. The maximum atomic E-state index is 9.77. The first-order valence-electron chi connectivity index (χ1n) is 1.19. The van der Waals surface area contributed by atoms with Gasteiger partial charge in [0.25, 0.3) is 0 Å². The number of hydrogen-bond acceptors (Lipinski definition) is 2. The van der Waals surface area contributed by atoms with Crippen LogP contribution < -0.4 is 16.3 Å². The van der Waals surface area contributed by atoms with Crippen molar-refractivity contribution < 1.29 is 9.82 Å². The van der Waals surface area contributed by atoms with E-state index in [1.54, 1.807) is 0 Å². The maximum Gasteiger partial charge on any atom is 0.384 e. The molecule has 0 aromatic carbocycles. The van der Waals surface area contributed by atoms with Crippen LogP contribution in [-0.4, -0.2) is 0 Å². The summed E-state index contributed by atoms with van der Waals surface area (Å²) in [5.74, 6) is 0. The molecule has 6 heteroatoms. The molecule has 0 amide bonds. The molecule has 0 bridgehead atoms. The number of quaternary nitrogens is 1. The highest BCUT2D eigenvalue weighted by Crippen LogP contribution is 2.04. The van der Waals surface area contributed by atoms with Crippen molar-refractivity contribution in [2.45, 2.75) is 0 Å². The van der Waals surface area contributed by atoms with Gasteiger partial charge in [-0.3, -0.25) is 0 Å². The van der Waals surface area contributed by atoms with E-state index in [-0.39, 0.29) is 5.25 Å². The Kier molecular flexibility index (Phi) is 1.70. The van der Waals surface area contributed by atoms with Gasteiger partial charge < -0.3 is 10.5 Å². The minimum absolute atomic E-state index is 0.0486. The van der Waals surface area contributed by atoms with Gasteiger partial charge in [0.05, 0.1) is 0 Å². The van der Waals surface area contributed by atoms with Gasteiger partial charge in [0.15, 0.2) is 0 Å². The summed E-state index contributed by atoms with van der Waals surface area (Å²) >= 11 is 0. The fourth-order valence-corrected chi connectivity index (χ4v) is 0. The summed E-state index contributed by atoms with van der Waals surface area (Å²) in [4.78, 5) is 0. The summed E-state index contributed by atoms with van der Waals surface area (Å²) < 4.78 is 9.77. The summed E-state index contributed by atoms with van der Waals surface area (Å²) in [6.45, 7) is 0. The molecule has 5 nitrogen and oxygen atoms in total. The second-order valence-corrected chi connectivity index (χ2v) is 2.61. The highest BCUT2D eigenvalue weighted by molar-refractivity contribution is 7.51. The lowest BCUT2D eigenvalue weighted by molar-refractivity contribution is -0.426. The van der Waals surface area contributed by atoms with Crippen LogP contribution in [0.4, 0.5) is 0 Å². The highest BCUT2D eigenvalue weighted by Gasteiger charge is 2.02. The topological polar surface area (TPSA) is 109 Å². The van der Waals surface area contributed by atoms with Crippen molar-refractivity contribution in [2.75, 3.05) is 0 Å². The van der Waals surface area contributed by atoms with E-state index in [1.165, 1.54) is 0 Å². The van der Waals surface area contributed by atoms with Gasteiger partial charge in [-0.25, -0.2) is 15.6 Å². The normalized spacial score (nSPS) is 11.8. The molecule has 38 valence electrons. The van der Waals surface area contributed by atoms with Crippen LogP contribution >= 0.6 is 7.59 Å². The summed E-state index contributed by atoms with van der Waals surface area (Å²) in [6.07, 6.45) is 0. The molecule has 6 heavy (non-hydrogen) atoms. The van der Waals surface area contributed by atoms with Gasteiger partial charge in [0, 0.05) is 0 Å². The maximum absolute atomic E-state index is 9.77. The molecule has 0 aliphatic rings. The van der Waals surface area contributed by atoms with Crippen LogP contribution in [0.25, 0.3) is 0 Å².